The van der Waals surface area contributed by atoms with Crippen LogP contribution in [0, 0.1) is 0 Å². The molecule has 1 aliphatic heterocycles. The van der Waals surface area contributed by atoms with E-state index in [2.05, 4.69) is 20.8 Å². The molecule has 1 aliphatic rings. The van der Waals surface area contributed by atoms with Crippen LogP contribution in [-0.2, 0) is 11.2 Å². The molecule has 29 heavy (non-hydrogen) atoms. The van der Waals surface area contributed by atoms with E-state index in [1.807, 2.05) is 30.3 Å². The van der Waals surface area contributed by atoms with Crippen LogP contribution >= 0.6 is 11.6 Å². The van der Waals surface area contributed by atoms with Crippen molar-refractivity contribution in [2.24, 2.45) is 0 Å². The van der Waals surface area contributed by atoms with E-state index in [0.717, 1.165) is 16.8 Å². The van der Waals surface area contributed by atoms with Crippen molar-refractivity contribution in [3.8, 4) is 17.0 Å². The van der Waals surface area contributed by atoms with E-state index in [9.17, 15) is 9.59 Å². The maximum Gasteiger partial charge on any atom is 0.269 e. The number of rotatable bonds is 6. The summed E-state index contributed by atoms with van der Waals surface area (Å²) in [5.74, 6) is 0.467. The lowest BCUT2D eigenvalue weighted by Gasteiger charge is -2.17. The molecule has 2 aromatic carbocycles. The predicted molar refractivity (Wildman–Crippen MR) is 110 cm³/mol. The summed E-state index contributed by atoms with van der Waals surface area (Å²) in [5, 5.41) is 13.1. The van der Waals surface area contributed by atoms with Gasteiger partial charge >= 0.3 is 0 Å². The highest BCUT2D eigenvalue weighted by molar-refractivity contribution is 6.33. The Morgan fingerprint density at radius 3 is 2.90 bits per heavy atom. The number of fused-ring (bicyclic) bond motifs is 1. The zero-order chi connectivity index (χ0) is 20.2. The normalized spacial score (nSPS) is 12.8. The largest absolute Gasteiger partial charge is 0.492 e. The molecule has 0 saturated heterocycles. The van der Waals surface area contributed by atoms with Crippen LogP contribution < -0.4 is 15.4 Å². The second-order valence-electron chi connectivity index (χ2n) is 6.62. The van der Waals surface area contributed by atoms with Gasteiger partial charge in [-0.3, -0.25) is 14.7 Å². The number of hydrogen-bond acceptors (Lipinski definition) is 4. The van der Waals surface area contributed by atoms with E-state index in [-0.39, 0.29) is 11.8 Å². The number of anilines is 1. The van der Waals surface area contributed by atoms with E-state index in [4.69, 9.17) is 16.3 Å². The third-order valence-electron chi connectivity index (χ3n) is 4.60. The van der Waals surface area contributed by atoms with Gasteiger partial charge in [0.15, 0.2) is 0 Å². The van der Waals surface area contributed by atoms with E-state index >= 15 is 0 Å². The van der Waals surface area contributed by atoms with Gasteiger partial charge in [0.05, 0.1) is 17.3 Å². The van der Waals surface area contributed by atoms with Gasteiger partial charge in [0.25, 0.3) is 5.91 Å². The fraction of sp³-hybridized carbons (Fsp3) is 0.190. The maximum absolute atomic E-state index is 12.3. The molecular formula is C21H19ClN4O3. The van der Waals surface area contributed by atoms with Crippen LogP contribution in [0.2, 0.25) is 5.02 Å². The molecule has 2 amide bonds. The molecule has 148 valence electrons. The van der Waals surface area contributed by atoms with E-state index < -0.39 is 0 Å². The average molecular weight is 411 g/mol. The molecule has 2 heterocycles. The number of carbonyl (C=O) groups excluding carboxylic acids is 2. The minimum atomic E-state index is -0.271. The van der Waals surface area contributed by atoms with Gasteiger partial charge in [0, 0.05) is 17.7 Å². The number of nitrogens with one attached hydrogen (secondary N) is 3. The molecule has 0 radical (unpaired) electrons. The number of ether oxygens (including phenoxy) is 1. The Morgan fingerprint density at radius 1 is 1.17 bits per heavy atom. The standard InChI is InChI=1S/C21H19ClN4O3/c22-16-4-2-1-3-15(16)18-12-19(26-25-18)21(28)23-9-10-29-14-6-7-17-13(11-14)5-8-20(27)24-17/h1-4,6-7,11-12H,5,8-10H2,(H,23,28)(H,24,27)(H,25,26). The molecule has 4 rings (SSSR count). The number of amides is 2. The first kappa shape index (κ1) is 19.0. The Kier molecular flexibility index (Phi) is 5.48. The molecule has 0 fully saturated rings. The van der Waals surface area contributed by atoms with Crippen LogP contribution in [-0.4, -0.2) is 35.2 Å². The van der Waals surface area contributed by atoms with Crippen LogP contribution in [0.4, 0.5) is 5.69 Å². The number of H-pyrrole nitrogens is 1. The van der Waals surface area contributed by atoms with Crippen molar-refractivity contribution < 1.29 is 14.3 Å². The minimum Gasteiger partial charge on any atom is -0.492 e. The lowest BCUT2D eigenvalue weighted by Crippen LogP contribution is -2.28. The van der Waals surface area contributed by atoms with Crippen LogP contribution in [0.15, 0.2) is 48.5 Å². The van der Waals surface area contributed by atoms with Crippen molar-refractivity contribution >= 4 is 29.1 Å². The van der Waals surface area contributed by atoms with E-state index in [1.54, 1.807) is 18.2 Å². The van der Waals surface area contributed by atoms with Gasteiger partial charge < -0.3 is 15.4 Å². The van der Waals surface area contributed by atoms with Crippen LogP contribution in [0.5, 0.6) is 5.75 Å². The monoisotopic (exact) mass is 410 g/mol. The quantitative estimate of drug-likeness (QED) is 0.542. The van der Waals surface area contributed by atoms with Gasteiger partial charge in [0.2, 0.25) is 5.91 Å². The molecule has 8 heteroatoms. The number of halogens is 1. The molecule has 3 aromatic rings. The summed E-state index contributed by atoms with van der Waals surface area (Å²) in [6.07, 6.45) is 1.18. The van der Waals surface area contributed by atoms with Crippen molar-refractivity contribution in [1.29, 1.82) is 0 Å². The topological polar surface area (TPSA) is 96.1 Å². The molecule has 0 spiro atoms. The summed E-state index contributed by atoms with van der Waals surface area (Å²) >= 11 is 6.17. The smallest absolute Gasteiger partial charge is 0.269 e. The molecule has 0 saturated carbocycles. The first-order valence-electron chi connectivity index (χ1n) is 9.24. The van der Waals surface area contributed by atoms with Crippen molar-refractivity contribution in [3.63, 3.8) is 0 Å². The predicted octanol–water partition coefficient (Wildman–Crippen LogP) is 3.42. The third kappa shape index (κ3) is 4.41. The summed E-state index contributed by atoms with van der Waals surface area (Å²) in [6.45, 7) is 0.662. The molecule has 7 nitrogen and oxygen atoms in total. The molecule has 0 bridgehead atoms. The lowest BCUT2D eigenvalue weighted by molar-refractivity contribution is -0.116. The Bertz CT molecular complexity index is 1060. The van der Waals surface area contributed by atoms with E-state index in [1.165, 1.54) is 0 Å². The van der Waals surface area contributed by atoms with Crippen LogP contribution in [0.1, 0.15) is 22.5 Å². The Labute approximate surface area is 172 Å². The molecule has 0 aliphatic carbocycles. The average Bonchev–Trinajstić information content (AvgIpc) is 3.21. The van der Waals surface area contributed by atoms with Gasteiger partial charge in [-0.2, -0.15) is 5.10 Å². The first-order valence-corrected chi connectivity index (χ1v) is 9.62. The second-order valence-corrected chi connectivity index (χ2v) is 7.03. The highest BCUT2D eigenvalue weighted by Gasteiger charge is 2.15. The third-order valence-corrected chi connectivity index (χ3v) is 4.93. The molecule has 1 aromatic heterocycles. The Hall–Kier alpha value is -3.32. The van der Waals surface area contributed by atoms with Gasteiger partial charge in [-0.15, -0.1) is 0 Å². The highest BCUT2D eigenvalue weighted by atomic mass is 35.5. The molecule has 0 unspecified atom stereocenters. The van der Waals surface area contributed by atoms with Crippen molar-refractivity contribution in [3.05, 3.63) is 64.8 Å². The minimum absolute atomic E-state index is 0.0328. The fourth-order valence-electron chi connectivity index (χ4n) is 3.12. The highest BCUT2D eigenvalue weighted by Crippen LogP contribution is 2.27. The van der Waals surface area contributed by atoms with Gasteiger partial charge in [-0.05, 0) is 42.3 Å². The number of hydrogen-bond donors (Lipinski definition) is 3. The number of benzene rings is 2. The van der Waals surface area contributed by atoms with Crippen molar-refractivity contribution in [1.82, 2.24) is 15.5 Å². The molecular weight excluding hydrogens is 392 g/mol. The summed E-state index contributed by atoms with van der Waals surface area (Å²) < 4.78 is 5.70. The van der Waals surface area contributed by atoms with Crippen molar-refractivity contribution in [2.45, 2.75) is 12.8 Å². The zero-order valence-corrected chi connectivity index (χ0v) is 16.3. The number of carbonyl (C=O) groups is 2. The summed E-state index contributed by atoms with van der Waals surface area (Å²) in [6, 6.07) is 14.5. The summed E-state index contributed by atoms with van der Waals surface area (Å²) in [7, 11) is 0. The van der Waals surface area contributed by atoms with Crippen LogP contribution in [0.3, 0.4) is 0 Å². The molecule has 3 N–H and O–H groups in total. The summed E-state index contributed by atoms with van der Waals surface area (Å²) in [4.78, 5) is 23.7. The molecule has 0 atom stereocenters. The van der Waals surface area contributed by atoms with Crippen molar-refractivity contribution in [2.75, 3.05) is 18.5 Å². The number of nitrogens with zero attached hydrogens (tertiary/aromatic N) is 1. The maximum atomic E-state index is 12.3. The Morgan fingerprint density at radius 2 is 2.03 bits per heavy atom. The first-order chi connectivity index (χ1) is 14.1. The van der Waals surface area contributed by atoms with Gasteiger partial charge in [0.1, 0.15) is 18.1 Å². The second kappa shape index (κ2) is 8.36. The number of aryl methyl sites for hydroxylation is 1. The Balaban J connectivity index is 1.29. The fourth-order valence-corrected chi connectivity index (χ4v) is 3.36. The van der Waals surface area contributed by atoms with Gasteiger partial charge in [-0.1, -0.05) is 29.8 Å². The van der Waals surface area contributed by atoms with E-state index in [0.29, 0.717) is 48.2 Å². The summed E-state index contributed by atoms with van der Waals surface area (Å²) in [5.41, 5.74) is 3.60. The SMILES string of the molecule is O=C1CCc2cc(OCCNC(=O)c3cc(-c4ccccc4Cl)n[nH]3)ccc2N1. The number of aromatic nitrogens is 2. The zero-order valence-electron chi connectivity index (χ0n) is 15.5. The lowest BCUT2D eigenvalue weighted by atomic mass is 10.0. The van der Waals surface area contributed by atoms with Crippen LogP contribution in [0.25, 0.3) is 11.3 Å². The van der Waals surface area contributed by atoms with Gasteiger partial charge in [-0.25, -0.2) is 0 Å². The number of aromatic amines is 1.